The van der Waals surface area contributed by atoms with Gasteiger partial charge in [0.15, 0.2) is 5.58 Å². The van der Waals surface area contributed by atoms with E-state index in [4.69, 9.17) is 10.3 Å². The molecule has 0 saturated heterocycles. The lowest BCUT2D eigenvalue weighted by Crippen LogP contribution is -2.07. The van der Waals surface area contributed by atoms with E-state index in [0.29, 0.717) is 21.4 Å². The molecule has 3 N–H and O–H groups in total. The molecule has 0 aliphatic rings. The van der Waals surface area contributed by atoms with Crippen molar-refractivity contribution in [3.05, 3.63) is 52.6 Å². The zero-order valence-electron chi connectivity index (χ0n) is 10.6. The highest BCUT2D eigenvalue weighted by Gasteiger charge is 2.13. The van der Waals surface area contributed by atoms with E-state index in [9.17, 15) is 10.1 Å². The Morgan fingerprint density at radius 2 is 2.10 bits per heavy atom. The number of anilines is 1. The van der Waals surface area contributed by atoms with E-state index in [1.54, 1.807) is 6.07 Å². The summed E-state index contributed by atoms with van der Waals surface area (Å²) in [5.74, 6) is 5.32. The van der Waals surface area contributed by atoms with E-state index < -0.39 is 4.92 Å². The number of benzene rings is 2. The van der Waals surface area contributed by atoms with Crippen LogP contribution < -0.4 is 11.3 Å². The van der Waals surface area contributed by atoms with Gasteiger partial charge < -0.3 is 9.84 Å². The summed E-state index contributed by atoms with van der Waals surface area (Å²) in [5.41, 5.74) is 4.21. The summed E-state index contributed by atoms with van der Waals surface area (Å²) in [6.07, 6.45) is 0. The lowest BCUT2D eigenvalue weighted by molar-refractivity contribution is -0.385. The van der Waals surface area contributed by atoms with E-state index >= 15 is 0 Å². The first-order valence-electron chi connectivity index (χ1n) is 5.95. The number of nitrogens with two attached hydrogens (primary N) is 1. The first kappa shape index (κ1) is 13.4. The van der Waals surface area contributed by atoms with Crippen molar-refractivity contribution in [1.29, 1.82) is 0 Å². The van der Waals surface area contributed by atoms with Crippen molar-refractivity contribution in [2.75, 3.05) is 5.43 Å². The number of nitrogens with one attached hydrogen (secondary N) is 1. The average molecular weight is 302 g/mol. The minimum absolute atomic E-state index is 0.0518. The Bertz CT molecular complexity index is 785. The van der Waals surface area contributed by atoms with Crippen LogP contribution in [-0.2, 0) is 0 Å². The smallest absolute Gasteiger partial charge is 0.272 e. The monoisotopic (exact) mass is 302 g/mol. The van der Waals surface area contributed by atoms with Crippen LogP contribution in [0.4, 0.5) is 11.4 Å². The van der Waals surface area contributed by atoms with E-state index in [0.717, 1.165) is 5.52 Å². The van der Waals surface area contributed by atoms with Crippen molar-refractivity contribution >= 4 is 34.2 Å². The van der Waals surface area contributed by atoms with Crippen LogP contribution in [0.25, 0.3) is 11.1 Å². The average Bonchev–Trinajstić information content (AvgIpc) is 2.88. The van der Waals surface area contributed by atoms with Gasteiger partial charge in [-0.2, -0.15) is 0 Å². The lowest BCUT2D eigenvalue weighted by Gasteiger charge is -2.03. The maximum Gasteiger partial charge on any atom is 0.272 e. The van der Waals surface area contributed by atoms with Crippen LogP contribution >= 0.6 is 11.8 Å². The number of hydrogen-bond acceptors (Lipinski definition) is 7. The third kappa shape index (κ3) is 2.81. The van der Waals surface area contributed by atoms with Crippen molar-refractivity contribution in [2.24, 2.45) is 5.84 Å². The van der Waals surface area contributed by atoms with Crippen molar-refractivity contribution in [1.82, 2.24) is 4.98 Å². The molecule has 0 atom stereocenters. The number of fused-ring (bicyclic) bond motifs is 1. The minimum Gasteiger partial charge on any atom is -0.431 e. The number of nitrogen functional groups attached to an aromatic ring is 1. The molecule has 0 fully saturated rings. The number of hydrazine groups is 1. The Morgan fingerprint density at radius 1 is 1.29 bits per heavy atom. The van der Waals surface area contributed by atoms with Gasteiger partial charge in [0.05, 0.1) is 10.6 Å². The quantitative estimate of drug-likeness (QED) is 0.433. The highest BCUT2D eigenvalue weighted by molar-refractivity contribution is 7.99. The summed E-state index contributed by atoms with van der Waals surface area (Å²) >= 11 is 1.20. The predicted octanol–water partition coefficient (Wildman–Crippen LogP) is 3.17. The SMILES string of the molecule is NNc1cc(Sc2nc3ccccc3o2)cc([N+](=O)[O-])c1. The molecule has 0 radical (unpaired) electrons. The zero-order chi connectivity index (χ0) is 14.8. The van der Waals surface area contributed by atoms with Gasteiger partial charge in [0.2, 0.25) is 0 Å². The maximum absolute atomic E-state index is 10.9. The van der Waals surface area contributed by atoms with E-state index in [-0.39, 0.29) is 5.69 Å². The summed E-state index contributed by atoms with van der Waals surface area (Å²) in [4.78, 5) is 15.4. The number of nitro benzene ring substituents is 1. The van der Waals surface area contributed by atoms with Gasteiger partial charge in [0.1, 0.15) is 5.52 Å². The van der Waals surface area contributed by atoms with Gasteiger partial charge in [-0.25, -0.2) is 4.98 Å². The summed E-state index contributed by atoms with van der Waals surface area (Å²) in [6, 6.07) is 11.9. The van der Waals surface area contributed by atoms with Gasteiger partial charge in [0, 0.05) is 17.0 Å². The van der Waals surface area contributed by atoms with E-state index in [1.165, 1.54) is 23.9 Å². The lowest BCUT2D eigenvalue weighted by atomic mass is 10.3. The van der Waals surface area contributed by atoms with Gasteiger partial charge >= 0.3 is 0 Å². The Morgan fingerprint density at radius 3 is 2.81 bits per heavy atom. The van der Waals surface area contributed by atoms with Crippen molar-refractivity contribution in [3.63, 3.8) is 0 Å². The van der Waals surface area contributed by atoms with Gasteiger partial charge in [-0.1, -0.05) is 12.1 Å². The van der Waals surface area contributed by atoms with E-state index in [2.05, 4.69) is 10.4 Å². The molecule has 7 nitrogen and oxygen atoms in total. The van der Waals surface area contributed by atoms with Crippen LogP contribution in [0.15, 0.2) is 57.0 Å². The first-order chi connectivity index (χ1) is 10.2. The van der Waals surface area contributed by atoms with E-state index in [1.807, 2.05) is 24.3 Å². The fourth-order valence-corrected chi connectivity index (χ4v) is 2.67. The second-order valence-corrected chi connectivity index (χ2v) is 5.19. The number of nitrogens with zero attached hydrogens (tertiary/aromatic N) is 2. The van der Waals surface area contributed by atoms with Crippen LogP contribution in [0.5, 0.6) is 0 Å². The second kappa shape index (κ2) is 5.43. The van der Waals surface area contributed by atoms with Gasteiger partial charge in [-0.15, -0.1) is 0 Å². The molecule has 0 bridgehead atoms. The van der Waals surface area contributed by atoms with Crippen LogP contribution in [0.3, 0.4) is 0 Å². The van der Waals surface area contributed by atoms with Crippen molar-refractivity contribution in [2.45, 2.75) is 10.1 Å². The summed E-state index contributed by atoms with van der Waals surface area (Å²) in [5, 5.41) is 11.3. The Labute approximate surface area is 123 Å². The summed E-state index contributed by atoms with van der Waals surface area (Å²) in [7, 11) is 0. The molecule has 21 heavy (non-hydrogen) atoms. The molecule has 3 rings (SSSR count). The molecule has 0 unspecified atom stereocenters. The topological polar surface area (TPSA) is 107 Å². The number of rotatable bonds is 4. The Kier molecular flexibility index (Phi) is 3.46. The van der Waals surface area contributed by atoms with Crippen molar-refractivity contribution < 1.29 is 9.34 Å². The van der Waals surface area contributed by atoms with Gasteiger partial charge in [0.25, 0.3) is 10.9 Å². The number of non-ortho nitro benzene ring substituents is 1. The largest absolute Gasteiger partial charge is 0.431 e. The molecule has 0 saturated carbocycles. The molecule has 0 amide bonds. The molecule has 0 aliphatic heterocycles. The standard InChI is InChI=1S/C13H10N4O3S/c14-16-8-5-9(17(18)19)7-10(6-8)21-13-15-11-3-1-2-4-12(11)20-13/h1-7,16H,14H2. The molecule has 1 aromatic heterocycles. The fourth-order valence-electron chi connectivity index (χ4n) is 1.83. The number of hydrogen-bond donors (Lipinski definition) is 2. The summed E-state index contributed by atoms with van der Waals surface area (Å²) in [6.45, 7) is 0. The fraction of sp³-hybridized carbons (Fsp3) is 0. The second-order valence-electron chi connectivity index (χ2n) is 4.17. The highest BCUT2D eigenvalue weighted by atomic mass is 32.2. The molecule has 106 valence electrons. The minimum atomic E-state index is -0.475. The van der Waals surface area contributed by atoms with Gasteiger partial charge in [-0.05, 0) is 30.0 Å². The Hall–Kier alpha value is -2.58. The van der Waals surface area contributed by atoms with Gasteiger partial charge in [-0.3, -0.25) is 16.0 Å². The molecule has 3 aromatic rings. The molecule has 1 heterocycles. The summed E-state index contributed by atoms with van der Waals surface area (Å²) < 4.78 is 5.58. The van der Waals surface area contributed by atoms with Crippen LogP contribution in [0.2, 0.25) is 0 Å². The molecule has 0 aliphatic carbocycles. The third-order valence-electron chi connectivity index (χ3n) is 2.75. The maximum atomic E-state index is 10.9. The highest BCUT2D eigenvalue weighted by Crippen LogP contribution is 2.33. The number of nitro groups is 1. The number of para-hydroxylation sites is 2. The Balaban J connectivity index is 1.96. The van der Waals surface area contributed by atoms with Crippen LogP contribution in [0, 0.1) is 10.1 Å². The molecule has 0 spiro atoms. The zero-order valence-corrected chi connectivity index (χ0v) is 11.5. The number of aromatic nitrogens is 1. The predicted molar refractivity (Wildman–Crippen MR) is 79.0 cm³/mol. The van der Waals surface area contributed by atoms with Crippen molar-refractivity contribution in [3.8, 4) is 0 Å². The molecular formula is C13H10N4O3S. The molecular weight excluding hydrogens is 292 g/mol. The molecule has 8 heteroatoms. The van der Waals surface area contributed by atoms with Crippen LogP contribution in [-0.4, -0.2) is 9.91 Å². The first-order valence-corrected chi connectivity index (χ1v) is 6.77. The molecule has 2 aromatic carbocycles. The van der Waals surface area contributed by atoms with Crippen LogP contribution in [0.1, 0.15) is 0 Å². The number of oxazole rings is 1. The third-order valence-corrected chi connectivity index (χ3v) is 3.57. The normalized spacial score (nSPS) is 10.7.